The zero-order valence-electron chi connectivity index (χ0n) is 19.9. The summed E-state index contributed by atoms with van der Waals surface area (Å²) in [4.78, 5) is 44.9. The largest absolute Gasteiger partial charge is 0.461 e. The summed E-state index contributed by atoms with van der Waals surface area (Å²) in [5.74, 6) is -2.65. The average molecular weight is 517 g/mol. The molecule has 0 radical (unpaired) electrons. The monoisotopic (exact) mass is 516 g/mol. The molecule has 4 aliphatic heterocycles. The van der Waals surface area contributed by atoms with Crippen LogP contribution in [0.2, 0.25) is 5.02 Å². The number of amides is 2. The number of rotatable bonds is 4. The van der Waals surface area contributed by atoms with Gasteiger partial charge in [0.25, 0.3) is 5.91 Å². The third-order valence-electron chi connectivity index (χ3n) is 7.71. The summed E-state index contributed by atoms with van der Waals surface area (Å²) in [6.45, 7) is 5.92. The molecule has 5 rings (SSSR count). The summed E-state index contributed by atoms with van der Waals surface area (Å²) >= 11 is 7.96. The first-order chi connectivity index (χ1) is 16.7. The molecule has 0 saturated carbocycles. The number of benzene rings is 1. The zero-order chi connectivity index (χ0) is 25.1. The molecule has 0 bridgehead atoms. The number of hydrogen-bond donors (Lipinski definition) is 1. The highest BCUT2D eigenvalue weighted by molar-refractivity contribution is 8.02. The van der Waals surface area contributed by atoms with Crippen LogP contribution in [-0.4, -0.2) is 69.1 Å². The molecule has 4 heterocycles. The van der Waals surface area contributed by atoms with Gasteiger partial charge in [-0.2, -0.15) is 0 Å². The van der Waals surface area contributed by atoms with E-state index in [9.17, 15) is 19.5 Å². The molecular weight excluding hydrogens is 488 g/mol. The lowest BCUT2D eigenvalue weighted by atomic mass is 9.75. The molecule has 4 aliphatic rings. The van der Waals surface area contributed by atoms with Crippen molar-refractivity contribution in [1.82, 2.24) is 4.90 Å². The van der Waals surface area contributed by atoms with E-state index in [1.807, 2.05) is 51.1 Å². The van der Waals surface area contributed by atoms with Crippen LogP contribution in [0.4, 0.5) is 5.69 Å². The van der Waals surface area contributed by atoms with Gasteiger partial charge in [-0.3, -0.25) is 14.4 Å². The molecule has 35 heavy (non-hydrogen) atoms. The number of carbonyl (C=O) groups excluding carboxylic acids is 3. The summed E-state index contributed by atoms with van der Waals surface area (Å²) in [6, 6.07) is 5.63. The number of carbonyl (C=O) groups is 3. The number of anilines is 1. The van der Waals surface area contributed by atoms with Crippen molar-refractivity contribution in [3.05, 3.63) is 53.6 Å². The number of para-hydroxylation sites is 1. The molecule has 1 spiro atoms. The van der Waals surface area contributed by atoms with Crippen LogP contribution in [0.25, 0.3) is 0 Å². The van der Waals surface area contributed by atoms with Gasteiger partial charge in [-0.1, -0.05) is 55.8 Å². The Morgan fingerprint density at radius 3 is 2.57 bits per heavy atom. The highest BCUT2D eigenvalue weighted by Gasteiger charge is 2.74. The Balaban J connectivity index is 1.71. The third kappa shape index (κ3) is 3.48. The van der Waals surface area contributed by atoms with Crippen molar-refractivity contribution in [1.29, 1.82) is 0 Å². The first-order valence-corrected chi connectivity index (χ1v) is 13.1. The van der Waals surface area contributed by atoms with E-state index in [1.54, 1.807) is 28.0 Å². The summed E-state index contributed by atoms with van der Waals surface area (Å²) in [5.41, 5.74) is 0.560. The van der Waals surface area contributed by atoms with Gasteiger partial charge in [-0.05, 0) is 31.1 Å². The third-order valence-corrected chi connectivity index (χ3v) is 9.82. The van der Waals surface area contributed by atoms with Gasteiger partial charge < -0.3 is 19.6 Å². The number of cyclic esters (lactones) is 1. The second-order valence-corrected chi connectivity index (χ2v) is 12.3. The number of halogens is 1. The van der Waals surface area contributed by atoms with Gasteiger partial charge >= 0.3 is 5.97 Å². The number of aliphatic hydroxyl groups excluding tert-OH is 1. The minimum atomic E-state index is -0.993. The average Bonchev–Trinajstić information content (AvgIpc) is 3.06. The van der Waals surface area contributed by atoms with Gasteiger partial charge in [0, 0.05) is 11.3 Å². The van der Waals surface area contributed by atoms with Crippen molar-refractivity contribution < 1.29 is 24.2 Å². The van der Waals surface area contributed by atoms with E-state index < -0.39 is 39.4 Å². The lowest BCUT2D eigenvalue weighted by Gasteiger charge is -2.40. The van der Waals surface area contributed by atoms with Crippen molar-refractivity contribution in [2.24, 2.45) is 17.8 Å². The SMILES string of the molecule is CC(C)[C@H](CO)N1C(=O)[C@@H]2[C@@H]3C(=O)OCC=C[C@]3(C)S[C@@]23C=CCN(c2ccccc2Cl)C(=O)C13. The van der Waals surface area contributed by atoms with E-state index in [0.29, 0.717) is 10.7 Å². The normalized spacial score (nSPS) is 34.9. The number of fused-ring (bicyclic) bond motifs is 2. The van der Waals surface area contributed by atoms with Gasteiger partial charge in [-0.25, -0.2) is 0 Å². The molecule has 2 fully saturated rings. The van der Waals surface area contributed by atoms with E-state index in [1.165, 1.54) is 11.8 Å². The standard InChI is InChI=1S/C26H29ClN2O5S/c1-15(2)18(14-30)29-21-23(32)28(17-9-5-4-8-16(17)27)12-6-11-26(21)19(22(29)31)20-24(33)34-13-7-10-25(20,3)35-26/h4-11,15,18-21,30H,12-14H2,1-3H3/t18-,19-,20+,21?,25-,26-/m0/s1. The fourth-order valence-electron chi connectivity index (χ4n) is 6.16. The van der Waals surface area contributed by atoms with Gasteiger partial charge in [0.05, 0.1) is 39.9 Å². The maximum Gasteiger partial charge on any atom is 0.311 e. The van der Waals surface area contributed by atoms with E-state index in [-0.39, 0.29) is 37.5 Å². The molecular formula is C26H29ClN2O5S. The van der Waals surface area contributed by atoms with Crippen LogP contribution in [-0.2, 0) is 19.1 Å². The Morgan fingerprint density at radius 1 is 1.14 bits per heavy atom. The van der Waals surface area contributed by atoms with Crippen LogP contribution in [0, 0.1) is 17.8 Å². The summed E-state index contributed by atoms with van der Waals surface area (Å²) in [7, 11) is 0. The van der Waals surface area contributed by atoms with Crippen LogP contribution < -0.4 is 4.90 Å². The maximum atomic E-state index is 14.4. The molecule has 1 N–H and O–H groups in total. The van der Waals surface area contributed by atoms with Crippen LogP contribution >= 0.6 is 23.4 Å². The van der Waals surface area contributed by atoms with Gasteiger partial charge in [0.15, 0.2) is 0 Å². The highest BCUT2D eigenvalue weighted by atomic mass is 35.5. The van der Waals surface area contributed by atoms with Crippen molar-refractivity contribution in [3.63, 3.8) is 0 Å². The number of ether oxygens (including phenoxy) is 1. The van der Waals surface area contributed by atoms with Gasteiger partial charge in [-0.15, -0.1) is 11.8 Å². The molecule has 0 aromatic heterocycles. The minimum absolute atomic E-state index is 0.106. The molecule has 1 aromatic carbocycles. The second-order valence-electron chi connectivity index (χ2n) is 10.1. The molecule has 0 aliphatic carbocycles. The summed E-state index contributed by atoms with van der Waals surface area (Å²) in [5, 5.41) is 10.8. The number of aliphatic hydroxyl groups is 1. The topological polar surface area (TPSA) is 87.2 Å². The molecule has 9 heteroatoms. The molecule has 7 nitrogen and oxygen atoms in total. The van der Waals surface area contributed by atoms with Crippen LogP contribution in [0.3, 0.4) is 0 Å². The summed E-state index contributed by atoms with van der Waals surface area (Å²) < 4.78 is 3.75. The second kappa shape index (κ2) is 8.68. The van der Waals surface area contributed by atoms with Crippen LogP contribution in [0.5, 0.6) is 0 Å². The lowest BCUT2D eigenvalue weighted by Crippen LogP contribution is -2.58. The fourth-order valence-corrected chi connectivity index (χ4v) is 8.54. The fraction of sp³-hybridized carbons (Fsp3) is 0.500. The van der Waals surface area contributed by atoms with E-state index in [4.69, 9.17) is 16.3 Å². The zero-order valence-corrected chi connectivity index (χ0v) is 21.5. The molecule has 2 amide bonds. The van der Waals surface area contributed by atoms with Crippen LogP contribution in [0.1, 0.15) is 20.8 Å². The number of likely N-dealkylation sites (tertiary alicyclic amines) is 1. The predicted molar refractivity (Wildman–Crippen MR) is 135 cm³/mol. The lowest BCUT2D eigenvalue weighted by molar-refractivity contribution is -0.153. The van der Waals surface area contributed by atoms with Gasteiger partial charge in [0.1, 0.15) is 12.6 Å². The van der Waals surface area contributed by atoms with Crippen molar-refractivity contribution in [2.75, 3.05) is 24.7 Å². The molecule has 6 atom stereocenters. The maximum absolute atomic E-state index is 14.4. The van der Waals surface area contributed by atoms with Crippen LogP contribution in [0.15, 0.2) is 48.6 Å². The Morgan fingerprint density at radius 2 is 1.89 bits per heavy atom. The predicted octanol–water partition coefficient (Wildman–Crippen LogP) is 3.06. The van der Waals surface area contributed by atoms with Crippen molar-refractivity contribution in [2.45, 2.75) is 42.3 Å². The minimum Gasteiger partial charge on any atom is -0.461 e. The first-order valence-electron chi connectivity index (χ1n) is 11.9. The van der Waals surface area contributed by atoms with E-state index in [2.05, 4.69) is 0 Å². The van der Waals surface area contributed by atoms with Crippen molar-refractivity contribution in [3.8, 4) is 0 Å². The molecule has 186 valence electrons. The summed E-state index contributed by atoms with van der Waals surface area (Å²) in [6.07, 6.45) is 7.58. The number of nitrogens with zero attached hydrogens (tertiary/aromatic N) is 2. The van der Waals surface area contributed by atoms with E-state index >= 15 is 0 Å². The molecule has 2 saturated heterocycles. The Hall–Kier alpha value is -2.29. The van der Waals surface area contributed by atoms with Gasteiger partial charge in [0.2, 0.25) is 5.91 Å². The number of thioether (sulfide) groups is 1. The highest BCUT2D eigenvalue weighted by Crippen LogP contribution is 2.66. The number of hydrogen-bond acceptors (Lipinski definition) is 6. The Kier molecular flexibility index (Phi) is 6.05. The molecule has 1 unspecified atom stereocenters. The first kappa shape index (κ1) is 24.4. The molecule has 1 aromatic rings. The smallest absolute Gasteiger partial charge is 0.311 e. The quantitative estimate of drug-likeness (QED) is 0.489. The Bertz CT molecular complexity index is 1140. The van der Waals surface area contributed by atoms with Crippen molar-refractivity contribution >= 4 is 46.8 Å². The number of esters is 1. The van der Waals surface area contributed by atoms with E-state index in [0.717, 1.165) is 0 Å². The Labute approximate surface area is 214 Å².